The van der Waals surface area contributed by atoms with Crippen LogP contribution >= 0.6 is 0 Å². The molecule has 0 aromatic carbocycles. The van der Waals surface area contributed by atoms with Crippen LogP contribution in [0.1, 0.15) is 33.6 Å². The summed E-state index contributed by atoms with van der Waals surface area (Å²) in [5.74, 6) is 0.390. The number of carbonyl (C=O) groups is 1. The van der Waals surface area contributed by atoms with Gasteiger partial charge in [-0.2, -0.15) is 4.98 Å². The summed E-state index contributed by atoms with van der Waals surface area (Å²) in [6.07, 6.45) is -0.661. The molecule has 0 radical (unpaired) electrons. The highest BCUT2D eigenvalue weighted by atomic mass is 16.6. The molecule has 0 aliphatic carbocycles. The van der Waals surface area contributed by atoms with Crippen LogP contribution in [0.3, 0.4) is 0 Å². The van der Waals surface area contributed by atoms with E-state index in [1.54, 1.807) is 32.9 Å². The van der Waals surface area contributed by atoms with Gasteiger partial charge in [-0.25, -0.2) is 4.79 Å². The number of aliphatic hydroxyl groups is 1. The highest BCUT2D eigenvalue weighted by molar-refractivity contribution is 5.75. The average Bonchev–Trinajstić information content (AvgIpc) is 2.68. The molecule has 3 heterocycles. The maximum Gasteiger partial charge on any atom is 0.407 e. The van der Waals surface area contributed by atoms with Crippen molar-refractivity contribution in [1.29, 1.82) is 0 Å². The van der Waals surface area contributed by atoms with Crippen LogP contribution in [0.15, 0.2) is 29.1 Å². The van der Waals surface area contributed by atoms with E-state index in [1.165, 1.54) is 17.7 Å². The van der Waals surface area contributed by atoms with Crippen LogP contribution in [0.25, 0.3) is 11.0 Å². The molecule has 0 unspecified atom stereocenters. The van der Waals surface area contributed by atoms with E-state index in [0.717, 1.165) is 5.39 Å². The third kappa shape index (κ3) is 5.48. The van der Waals surface area contributed by atoms with E-state index in [9.17, 15) is 14.7 Å². The second-order valence-electron chi connectivity index (χ2n) is 8.41. The quantitative estimate of drug-likeness (QED) is 0.760. The van der Waals surface area contributed by atoms with Crippen molar-refractivity contribution in [3.8, 4) is 5.88 Å². The Balaban J connectivity index is 1.63. The number of nitrogens with zero attached hydrogens (tertiary/aromatic N) is 2. The Kier molecular flexibility index (Phi) is 6.62. The third-order valence-corrected chi connectivity index (χ3v) is 4.85. The standard InChI is InChI=1S/C21H29N3O6/c1-21(2,3)30-20(27)22-14-7-8-16(29-12-14)15(25)11-24-18(26)10-6-13-5-9-17(28-4)23-19(13)24/h5-6,9-10,14-16,25H,7-8,11-12H2,1-4H3,(H,22,27)/t14-,15+,16+/m1/s1. The van der Waals surface area contributed by atoms with Gasteiger partial charge in [0.15, 0.2) is 0 Å². The van der Waals surface area contributed by atoms with Crippen LogP contribution in [-0.2, 0) is 16.0 Å². The zero-order valence-corrected chi connectivity index (χ0v) is 17.8. The zero-order valence-electron chi connectivity index (χ0n) is 17.8. The van der Waals surface area contributed by atoms with Gasteiger partial charge in [0.1, 0.15) is 11.2 Å². The smallest absolute Gasteiger partial charge is 0.407 e. The van der Waals surface area contributed by atoms with Crippen LogP contribution in [0, 0.1) is 0 Å². The van der Waals surface area contributed by atoms with Crippen molar-refractivity contribution >= 4 is 17.1 Å². The Bertz CT molecular complexity index is 944. The second-order valence-corrected chi connectivity index (χ2v) is 8.41. The number of pyridine rings is 2. The molecule has 1 aliphatic rings. The van der Waals surface area contributed by atoms with Crippen molar-refractivity contribution in [2.24, 2.45) is 0 Å². The number of carbonyl (C=O) groups excluding carboxylic acids is 1. The van der Waals surface area contributed by atoms with E-state index in [1.807, 2.05) is 6.07 Å². The highest BCUT2D eigenvalue weighted by Crippen LogP contribution is 2.20. The predicted octanol–water partition coefficient (Wildman–Crippen LogP) is 1.84. The Hall–Kier alpha value is -2.65. The monoisotopic (exact) mass is 419 g/mol. The SMILES string of the molecule is COc1ccc2ccc(=O)n(C[C@H](O)[C@@H]3CC[C@@H](NC(=O)OC(C)(C)C)CO3)c2n1. The van der Waals surface area contributed by atoms with Gasteiger partial charge in [-0.1, -0.05) is 0 Å². The largest absolute Gasteiger partial charge is 0.481 e. The summed E-state index contributed by atoms with van der Waals surface area (Å²) < 4.78 is 17.6. The molecular formula is C21H29N3O6. The van der Waals surface area contributed by atoms with Crippen LogP contribution in [0.4, 0.5) is 4.79 Å². The first-order valence-corrected chi connectivity index (χ1v) is 10.00. The minimum absolute atomic E-state index is 0.0468. The molecule has 2 aromatic rings. The maximum absolute atomic E-state index is 12.4. The third-order valence-electron chi connectivity index (χ3n) is 4.85. The summed E-state index contributed by atoms with van der Waals surface area (Å²) in [5, 5.41) is 14.3. The Morgan fingerprint density at radius 1 is 1.33 bits per heavy atom. The van der Waals surface area contributed by atoms with Crippen LogP contribution in [0.5, 0.6) is 5.88 Å². The topological polar surface area (TPSA) is 112 Å². The minimum Gasteiger partial charge on any atom is -0.481 e. The van der Waals surface area contributed by atoms with E-state index < -0.39 is 23.9 Å². The zero-order chi connectivity index (χ0) is 21.9. The Morgan fingerprint density at radius 2 is 2.07 bits per heavy atom. The first-order valence-electron chi connectivity index (χ1n) is 10.00. The summed E-state index contributed by atoms with van der Waals surface area (Å²) in [5.41, 5.74) is -0.385. The number of ether oxygens (including phenoxy) is 3. The van der Waals surface area contributed by atoms with Crippen molar-refractivity contribution in [3.63, 3.8) is 0 Å². The number of aliphatic hydroxyl groups excluding tert-OH is 1. The maximum atomic E-state index is 12.4. The van der Waals surface area contributed by atoms with E-state index in [2.05, 4.69) is 10.3 Å². The molecule has 3 atom stereocenters. The van der Waals surface area contributed by atoms with E-state index in [-0.39, 0.29) is 24.8 Å². The lowest BCUT2D eigenvalue weighted by Crippen LogP contribution is -2.47. The number of fused-ring (bicyclic) bond motifs is 1. The summed E-state index contributed by atoms with van der Waals surface area (Å²) in [6.45, 7) is 5.71. The van der Waals surface area contributed by atoms with Crippen molar-refractivity contribution < 1.29 is 24.1 Å². The Morgan fingerprint density at radius 3 is 2.70 bits per heavy atom. The molecule has 1 saturated heterocycles. The number of methoxy groups -OCH3 is 1. The molecule has 3 rings (SSSR count). The number of nitrogens with one attached hydrogen (secondary N) is 1. The molecule has 1 amide bonds. The van der Waals surface area contributed by atoms with Gasteiger partial charge in [-0.15, -0.1) is 0 Å². The Labute approximate surface area is 175 Å². The molecule has 30 heavy (non-hydrogen) atoms. The number of hydrogen-bond donors (Lipinski definition) is 2. The normalized spacial score (nSPS) is 20.6. The molecule has 164 valence electrons. The lowest BCUT2D eigenvalue weighted by Gasteiger charge is -2.33. The van der Waals surface area contributed by atoms with Crippen molar-refractivity contribution in [3.05, 3.63) is 34.6 Å². The summed E-state index contributed by atoms with van der Waals surface area (Å²) in [7, 11) is 1.51. The molecule has 9 heteroatoms. The van der Waals surface area contributed by atoms with Crippen molar-refractivity contribution in [2.45, 2.75) is 64.0 Å². The molecule has 0 spiro atoms. The lowest BCUT2D eigenvalue weighted by molar-refractivity contribution is -0.0771. The van der Waals surface area contributed by atoms with E-state index in [0.29, 0.717) is 24.4 Å². The van der Waals surface area contributed by atoms with E-state index in [4.69, 9.17) is 14.2 Å². The van der Waals surface area contributed by atoms with Gasteiger partial charge in [0.25, 0.3) is 5.56 Å². The van der Waals surface area contributed by atoms with Crippen LogP contribution in [-0.4, -0.2) is 58.3 Å². The lowest BCUT2D eigenvalue weighted by atomic mass is 10.0. The molecule has 9 nitrogen and oxygen atoms in total. The summed E-state index contributed by atoms with van der Waals surface area (Å²) >= 11 is 0. The van der Waals surface area contributed by atoms with Gasteiger partial charge in [-0.3, -0.25) is 9.36 Å². The molecule has 2 N–H and O–H groups in total. The molecule has 0 bridgehead atoms. The van der Waals surface area contributed by atoms with Crippen molar-refractivity contribution in [2.75, 3.05) is 13.7 Å². The van der Waals surface area contributed by atoms with Gasteiger partial charge in [0.2, 0.25) is 5.88 Å². The summed E-state index contributed by atoms with van der Waals surface area (Å²) in [6, 6.07) is 6.49. The van der Waals surface area contributed by atoms with Gasteiger partial charge >= 0.3 is 6.09 Å². The average molecular weight is 419 g/mol. The first-order chi connectivity index (χ1) is 14.2. The van der Waals surface area contributed by atoms with Gasteiger partial charge < -0.3 is 24.6 Å². The number of rotatable bonds is 5. The predicted molar refractivity (Wildman–Crippen MR) is 111 cm³/mol. The summed E-state index contributed by atoms with van der Waals surface area (Å²) in [4.78, 5) is 28.7. The first kappa shape index (κ1) is 22.0. The number of hydrogen-bond acceptors (Lipinski definition) is 7. The molecule has 2 aromatic heterocycles. The van der Waals surface area contributed by atoms with Crippen molar-refractivity contribution in [1.82, 2.24) is 14.9 Å². The highest BCUT2D eigenvalue weighted by Gasteiger charge is 2.29. The number of aromatic nitrogens is 2. The fourth-order valence-electron chi connectivity index (χ4n) is 3.40. The number of amides is 1. The van der Waals surface area contributed by atoms with Gasteiger partial charge in [0.05, 0.1) is 38.5 Å². The van der Waals surface area contributed by atoms with Crippen LogP contribution < -0.4 is 15.6 Å². The molecule has 0 saturated carbocycles. The fraction of sp³-hybridized carbons (Fsp3) is 0.571. The fourth-order valence-corrected chi connectivity index (χ4v) is 3.40. The molecule has 1 aliphatic heterocycles. The number of alkyl carbamates (subject to hydrolysis) is 1. The van der Waals surface area contributed by atoms with Gasteiger partial charge in [0, 0.05) is 17.5 Å². The molecular weight excluding hydrogens is 390 g/mol. The minimum atomic E-state index is -0.899. The van der Waals surface area contributed by atoms with Gasteiger partial charge in [-0.05, 0) is 45.7 Å². The molecule has 1 fully saturated rings. The second kappa shape index (κ2) is 9.01. The van der Waals surface area contributed by atoms with Crippen LogP contribution in [0.2, 0.25) is 0 Å². The van der Waals surface area contributed by atoms with E-state index >= 15 is 0 Å².